The number of hydrogen-bond acceptors (Lipinski definition) is 4. The Bertz CT molecular complexity index is 634. The molecule has 0 aliphatic heterocycles. The molecule has 4 nitrogen and oxygen atoms in total. The Balaban J connectivity index is 2.50. The molecule has 2 aromatic rings. The van der Waals surface area contributed by atoms with Crippen molar-refractivity contribution in [1.29, 1.82) is 0 Å². The first kappa shape index (κ1) is 11.9. The molecule has 1 aromatic carbocycles. The summed E-state index contributed by atoms with van der Waals surface area (Å²) in [7, 11) is 0. The molecule has 0 saturated carbocycles. The van der Waals surface area contributed by atoms with Gasteiger partial charge in [0.25, 0.3) is 5.56 Å². The number of aromatic amines is 1. The molecule has 5 heteroatoms. The molecule has 0 bridgehead atoms. The lowest BCUT2D eigenvalue weighted by Crippen LogP contribution is -2.12. The van der Waals surface area contributed by atoms with Crippen LogP contribution in [0.2, 0.25) is 0 Å². The molecular formula is C12H12N2O2S. The zero-order valence-electron chi connectivity index (χ0n) is 9.61. The van der Waals surface area contributed by atoms with Gasteiger partial charge in [0.15, 0.2) is 5.12 Å². The Kier molecular flexibility index (Phi) is 3.28. The molecule has 0 spiro atoms. The van der Waals surface area contributed by atoms with Crippen LogP contribution in [0.15, 0.2) is 23.0 Å². The molecule has 0 radical (unpaired) electrons. The minimum absolute atomic E-state index is 0.0116. The highest BCUT2D eigenvalue weighted by atomic mass is 32.2. The number of nitrogens with zero attached hydrogens (tertiary/aromatic N) is 1. The number of fused-ring (bicyclic) bond motifs is 1. The Hall–Kier alpha value is -1.62. The van der Waals surface area contributed by atoms with Crippen LogP contribution in [-0.2, 0) is 10.5 Å². The Labute approximate surface area is 102 Å². The monoisotopic (exact) mass is 248 g/mol. The van der Waals surface area contributed by atoms with Crippen molar-refractivity contribution in [2.75, 3.05) is 0 Å². The first-order valence-electron chi connectivity index (χ1n) is 5.20. The highest BCUT2D eigenvalue weighted by molar-refractivity contribution is 8.12. The summed E-state index contributed by atoms with van der Waals surface area (Å²) in [4.78, 5) is 29.8. The van der Waals surface area contributed by atoms with E-state index in [0.29, 0.717) is 22.5 Å². The van der Waals surface area contributed by atoms with Crippen LogP contribution in [0.25, 0.3) is 10.9 Å². The van der Waals surface area contributed by atoms with Crippen molar-refractivity contribution in [3.05, 3.63) is 39.9 Å². The molecule has 0 fully saturated rings. The zero-order valence-corrected chi connectivity index (χ0v) is 10.4. The molecule has 0 atom stereocenters. The fraction of sp³-hybridized carbons (Fsp3) is 0.250. The van der Waals surface area contributed by atoms with Crippen LogP contribution in [-0.4, -0.2) is 15.1 Å². The third-order valence-corrected chi connectivity index (χ3v) is 3.22. The fourth-order valence-corrected chi connectivity index (χ4v) is 2.07. The fourth-order valence-electron chi connectivity index (χ4n) is 1.59. The second-order valence-electron chi connectivity index (χ2n) is 3.76. The number of aromatic nitrogens is 2. The second-order valence-corrected chi connectivity index (χ2v) is 4.92. The van der Waals surface area contributed by atoms with E-state index in [-0.39, 0.29) is 10.7 Å². The van der Waals surface area contributed by atoms with Gasteiger partial charge in [-0.2, -0.15) is 0 Å². The van der Waals surface area contributed by atoms with Gasteiger partial charge in [0, 0.05) is 6.92 Å². The number of thioether (sulfide) groups is 1. The highest BCUT2D eigenvalue weighted by Crippen LogP contribution is 2.14. The molecule has 0 amide bonds. The Morgan fingerprint density at radius 1 is 1.47 bits per heavy atom. The SMILES string of the molecule is CC(=O)SCc1nc2c(C)cccc2c(=O)[nH]1. The lowest BCUT2D eigenvalue weighted by atomic mass is 10.1. The summed E-state index contributed by atoms with van der Waals surface area (Å²) in [6, 6.07) is 5.49. The van der Waals surface area contributed by atoms with Crippen LogP contribution < -0.4 is 5.56 Å². The number of aryl methyl sites for hydroxylation is 1. The quantitative estimate of drug-likeness (QED) is 0.883. The van der Waals surface area contributed by atoms with Gasteiger partial charge in [-0.05, 0) is 18.6 Å². The number of benzene rings is 1. The minimum atomic E-state index is -0.155. The maximum atomic E-state index is 11.8. The van der Waals surface area contributed by atoms with Crippen molar-refractivity contribution in [1.82, 2.24) is 9.97 Å². The summed E-state index contributed by atoms with van der Waals surface area (Å²) in [5.74, 6) is 0.937. The predicted octanol–water partition coefficient (Wildman–Crippen LogP) is 2.01. The topological polar surface area (TPSA) is 62.8 Å². The normalized spacial score (nSPS) is 10.7. The van der Waals surface area contributed by atoms with E-state index in [4.69, 9.17) is 0 Å². The van der Waals surface area contributed by atoms with E-state index in [2.05, 4.69) is 9.97 Å². The molecule has 17 heavy (non-hydrogen) atoms. The average Bonchev–Trinajstić information content (AvgIpc) is 2.28. The predicted molar refractivity (Wildman–Crippen MR) is 69.1 cm³/mol. The molecule has 0 unspecified atom stereocenters. The first-order chi connectivity index (χ1) is 8.08. The smallest absolute Gasteiger partial charge is 0.258 e. The van der Waals surface area contributed by atoms with Crippen molar-refractivity contribution in [2.24, 2.45) is 0 Å². The van der Waals surface area contributed by atoms with E-state index < -0.39 is 0 Å². The standard InChI is InChI=1S/C12H12N2O2S/c1-7-4-3-5-9-11(7)13-10(14-12(9)16)6-17-8(2)15/h3-5H,6H2,1-2H3,(H,13,14,16). The number of carbonyl (C=O) groups excluding carboxylic acids is 1. The van der Waals surface area contributed by atoms with Crippen LogP contribution in [0, 0.1) is 6.92 Å². The summed E-state index contributed by atoms with van der Waals surface area (Å²) in [5.41, 5.74) is 1.51. The third-order valence-electron chi connectivity index (χ3n) is 2.40. The van der Waals surface area contributed by atoms with Gasteiger partial charge < -0.3 is 4.98 Å². The van der Waals surface area contributed by atoms with Gasteiger partial charge in [-0.15, -0.1) is 0 Å². The molecule has 0 aliphatic rings. The lowest BCUT2D eigenvalue weighted by molar-refractivity contribution is -0.109. The van der Waals surface area contributed by atoms with Gasteiger partial charge in [0.2, 0.25) is 0 Å². The van der Waals surface area contributed by atoms with Crippen LogP contribution in [0.4, 0.5) is 0 Å². The summed E-state index contributed by atoms with van der Waals surface area (Å²) in [6.07, 6.45) is 0. The van der Waals surface area contributed by atoms with Gasteiger partial charge in [-0.1, -0.05) is 23.9 Å². The minimum Gasteiger partial charge on any atom is -0.309 e. The average molecular weight is 248 g/mol. The largest absolute Gasteiger partial charge is 0.309 e. The molecule has 0 aliphatic carbocycles. The number of rotatable bonds is 2. The lowest BCUT2D eigenvalue weighted by Gasteiger charge is -2.03. The summed E-state index contributed by atoms with van der Waals surface area (Å²) in [6.45, 7) is 3.41. The summed E-state index contributed by atoms with van der Waals surface area (Å²) >= 11 is 1.14. The maximum absolute atomic E-state index is 11.8. The highest BCUT2D eigenvalue weighted by Gasteiger charge is 2.06. The Morgan fingerprint density at radius 2 is 2.24 bits per heavy atom. The van der Waals surface area contributed by atoms with Gasteiger partial charge in [0.05, 0.1) is 16.7 Å². The van der Waals surface area contributed by atoms with Crippen molar-refractivity contribution in [3.8, 4) is 0 Å². The Morgan fingerprint density at radius 3 is 2.94 bits per heavy atom. The van der Waals surface area contributed by atoms with Crippen molar-refractivity contribution >= 4 is 27.8 Å². The summed E-state index contributed by atoms with van der Waals surface area (Å²) in [5, 5.41) is 0.596. The van der Waals surface area contributed by atoms with E-state index in [0.717, 1.165) is 17.3 Å². The van der Waals surface area contributed by atoms with E-state index in [1.54, 1.807) is 6.07 Å². The van der Waals surface area contributed by atoms with E-state index >= 15 is 0 Å². The maximum Gasteiger partial charge on any atom is 0.258 e. The van der Waals surface area contributed by atoms with Crippen LogP contribution in [0.3, 0.4) is 0 Å². The van der Waals surface area contributed by atoms with E-state index in [1.165, 1.54) is 6.92 Å². The second kappa shape index (κ2) is 4.71. The first-order valence-corrected chi connectivity index (χ1v) is 6.18. The van der Waals surface area contributed by atoms with Gasteiger partial charge in [-0.3, -0.25) is 9.59 Å². The molecule has 0 saturated heterocycles. The van der Waals surface area contributed by atoms with E-state index in [9.17, 15) is 9.59 Å². The summed E-state index contributed by atoms with van der Waals surface area (Å²) < 4.78 is 0. The molecule has 2 rings (SSSR count). The van der Waals surface area contributed by atoms with Crippen LogP contribution in [0.1, 0.15) is 18.3 Å². The number of carbonyl (C=O) groups is 1. The molecule has 1 N–H and O–H groups in total. The van der Waals surface area contributed by atoms with Gasteiger partial charge >= 0.3 is 0 Å². The number of nitrogens with one attached hydrogen (secondary N) is 1. The van der Waals surface area contributed by atoms with Crippen LogP contribution >= 0.6 is 11.8 Å². The molecule has 1 aromatic heterocycles. The van der Waals surface area contributed by atoms with Gasteiger partial charge in [0.1, 0.15) is 5.82 Å². The third kappa shape index (κ3) is 2.55. The molecule has 88 valence electrons. The van der Waals surface area contributed by atoms with Crippen molar-refractivity contribution < 1.29 is 4.79 Å². The molecular weight excluding hydrogens is 236 g/mol. The number of hydrogen-bond donors (Lipinski definition) is 1. The zero-order chi connectivity index (χ0) is 12.4. The molecule has 1 heterocycles. The van der Waals surface area contributed by atoms with Crippen molar-refractivity contribution in [2.45, 2.75) is 19.6 Å². The van der Waals surface area contributed by atoms with Crippen LogP contribution in [0.5, 0.6) is 0 Å². The number of H-pyrrole nitrogens is 1. The number of para-hydroxylation sites is 1. The van der Waals surface area contributed by atoms with Gasteiger partial charge in [-0.25, -0.2) is 4.98 Å². The van der Waals surface area contributed by atoms with E-state index in [1.807, 2.05) is 19.1 Å². The van der Waals surface area contributed by atoms with Crippen molar-refractivity contribution in [3.63, 3.8) is 0 Å².